The lowest BCUT2D eigenvalue weighted by atomic mass is 10.0. The van der Waals surface area contributed by atoms with E-state index in [4.69, 9.17) is 5.11 Å². The van der Waals surface area contributed by atoms with Crippen LogP contribution in [0.15, 0.2) is 0 Å². The zero-order valence-corrected chi connectivity index (χ0v) is 15.4. The van der Waals surface area contributed by atoms with Crippen LogP contribution >= 0.6 is 0 Å². The Morgan fingerprint density at radius 3 is 1.52 bits per heavy atom. The highest BCUT2D eigenvalue weighted by Crippen LogP contribution is 2.14. The fourth-order valence-corrected chi connectivity index (χ4v) is 3.01. The molecule has 138 valence electrons. The number of rotatable bonds is 18. The van der Waals surface area contributed by atoms with Crippen molar-refractivity contribution >= 4 is 5.97 Å². The fraction of sp³-hybridized carbons (Fsp3) is 0.950. The molecular formula is C20H40O3. The van der Waals surface area contributed by atoms with E-state index in [1.165, 1.54) is 70.6 Å². The number of carbonyl (C=O) groups is 1. The molecule has 1 unspecified atom stereocenters. The third-order valence-electron chi connectivity index (χ3n) is 4.57. The van der Waals surface area contributed by atoms with Crippen LogP contribution < -0.4 is 0 Å². The van der Waals surface area contributed by atoms with Crippen molar-refractivity contribution in [1.82, 2.24) is 0 Å². The molecule has 0 fully saturated rings. The van der Waals surface area contributed by atoms with Gasteiger partial charge in [-0.1, -0.05) is 90.4 Å². The number of hydrogen-bond donors (Lipinski definition) is 2. The molecule has 0 bridgehead atoms. The Morgan fingerprint density at radius 2 is 1.09 bits per heavy atom. The molecule has 0 aliphatic heterocycles. The van der Waals surface area contributed by atoms with Crippen LogP contribution in [0.2, 0.25) is 0 Å². The summed E-state index contributed by atoms with van der Waals surface area (Å²) in [7, 11) is 0. The molecule has 0 spiro atoms. The number of aliphatic carboxylic acids is 1. The Balaban J connectivity index is 3.06. The average molecular weight is 329 g/mol. The second-order valence-corrected chi connectivity index (χ2v) is 6.97. The minimum atomic E-state index is -0.666. The summed E-state index contributed by atoms with van der Waals surface area (Å²) >= 11 is 0. The molecule has 2 N–H and O–H groups in total. The van der Waals surface area contributed by atoms with Crippen molar-refractivity contribution in [1.29, 1.82) is 0 Å². The smallest absolute Gasteiger partial charge is 0.303 e. The van der Waals surface area contributed by atoms with E-state index in [0.29, 0.717) is 6.42 Å². The van der Waals surface area contributed by atoms with Crippen LogP contribution in [0.5, 0.6) is 0 Å². The number of hydrogen-bond acceptors (Lipinski definition) is 2. The van der Waals surface area contributed by atoms with Gasteiger partial charge in [-0.15, -0.1) is 0 Å². The topological polar surface area (TPSA) is 57.5 Å². The van der Waals surface area contributed by atoms with Crippen LogP contribution in [0.3, 0.4) is 0 Å². The van der Waals surface area contributed by atoms with Crippen molar-refractivity contribution < 1.29 is 15.0 Å². The molecule has 0 aromatic rings. The van der Waals surface area contributed by atoms with Gasteiger partial charge in [-0.05, 0) is 19.3 Å². The van der Waals surface area contributed by atoms with Crippen LogP contribution in [0.1, 0.15) is 116 Å². The van der Waals surface area contributed by atoms with Gasteiger partial charge in [0.15, 0.2) is 0 Å². The third kappa shape index (κ3) is 19.4. The van der Waals surface area contributed by atoms with Gasteiger partial charge in [-0.25, -0.2) is 0 Å². The predicted molar refractivity (Wildman–Crippen MR) is 97.8 cm³/mol. The monoisotopic (exact) mass is 328 g/mol. The lowest BCUT2D eigenvalue weighted by Gasteiger charge is -2.09. The molecule has 0 aromatic carbocycles. The van der Waals surface area contributed by atoms with Gasteiger partial charge >= 0.3 is 5.97 Å². The SMILES string of the molecule is CCCCC(O)CCCCCCCCCCCCCCC(=O)O. The zero-order valence-electron chi connectivity index (χ0n) is 15.4. The lowest BCUT2D eigenvalue weighted by Crippen LogP contribution is -2.05. The van der Waals surface area contributed by atoms with Crippen molar-refractivity contribution in [3.05, 3.63) is 0 Å². The molecule has 0 heterocycles. The highest BCUT2D eigenvalue weighted by Gasteiger charge is 2.02. The standard InChI is InChI=1S/C20H40O3/c1-2-3-16-19(21)17-14-12-10-8-6-4-5-7-9-11-13-15-18-20(22)23/h19,21H,2-18H2,1H3,(H,22,23). The first-order valence-corrected chi connectivity index (χ1v) is 10.1. The summed E-state index contributed by atoms with van der Waals surface area (Å²) in [6, 6.07) is 0. The minimum Gasteiger partial charge on any atom is -0.481 e. The molecule has 0 radical (unpaired) electrons. The number of unbranched alkanes of at least 4 members (excludes halogenated alkanes) is 12. The van der Waals surface area contributed by atoms with Gasteiger partial charge in [-0.2, -0.15) is 0 Å². The van der Waals surface area contributed by atoms with Gasteiger partial charge in [0.1, 0.15) is 0 Å². The Hall–Kier alpha value is -0.570. The molecule has 0 rings (SSSR count). The van der Waals surface area contributed by atoms with Crippen LogP contribution in [0.4, 0.5) is 0 Å². The highest BCUT2D eigenvalue weighted by atomic mass is 16.4. The maximum absolute atomic E-state index is 10.4. The minimum absolute atomic E-state index is 0.0644. The quantitative estimate of drug-likeness (QED) is 0.300. The first-order chi connectivity index (χ1) is 11.2. The summed E-state index contributed by atoms with van der Waals surface area (Å²) in [4.78, 5) is 10.4. The number of carboxylic acids is 1. The molecule has 0 aliphatic rings. The van der Waals surface area contributed by atoms with Gasteiger partial charge in [0.25, 0.3) is 0 Å². The van der Waals surface area contributed by atoms with E-state index in [0.717, 1.165) is 32.1 Å². The van der Waals surface area contributed by atoms with Crippen molar-refractivity contribution in [2.24, 2.45) is 0 Å². The Kier molecular flexibility index (Phi) is 17.3. The van der Waals surface area contributed by atoms with E-state index in [2.05, 4.69) is 6.92 Å². The first-order valence-electron chi connectivity index (χ1n) is 10.1. The molecule has 0 saturated carbocycles. The summed E-state index contributed by atoms with van der Waals surface area (Å²) in [6.45, 7) is 2.17. The van der Waals surface area contributed by atoms with E-state index in [1.807, 2.05) is 0 Å². The summed E-state index contributed by atoms with van der Waals surface area (Å²) in [5.74, 6) is -0.666. The summed E-state index contributed by atoms with van der Waals surface area (Å²) in [6.07, 6.45) is 19.3. The molecule has 3 nitrogen and oxygen atoms in total. The van der Waals surface area contributed by atoms with E-state index in [9.17, 15) is 9.90 Å². The van der Waals surface area contributed by atoms with Gasteiger partial charge in [0.05, 0.1) is 6.10 Å². The molecule has 0 aliphatic carbocycles. The lowest BCUT2D eigenvalue weighted by molar-refractivity contribution is -0.137. The molecule has 0 amide bonds. The maximum atomic E-state index is 10.4. The second kappa shape index (κ2) is 17.8. The molecule has 0 saturated heterocycles. The van der Waals surface area contributed by atoms with Crippen LogP contribution in [-0.2, 0) is 4.79 Å². The molecule has 0 aromatic heterocycles. The molecule has 3 heteroatoms. The molecule has 23 heavy (non-hydrogen) atoms. The largest absolute Gasteiger partial charge is 0.481 e. The Bertz CT molecular complexity index is 253. The number of aliphatic hydroxyl groups excluding tert-OH is 1. The van der Waals surface area contributed by atoms with E-state index in [1.54, 1.807) is 0 Å². The summed E-state index contributed by atoms with van der Waals surface area (Å²) in [5, 5.41) is 18.3. The Morgan fingerprint density at radius 1 is 0.696 bits per heavy atom. The number of carboxylic acid groups (broad SMARTS) is 1. The Labute approximate surface area is 143 Å². The van der Waals surface area contributed by atoms with E-state index >= 15 is 0 Å². The zero-order chi connectivity index (χ0) is 17.2. The van der Waals surface area contributed by atoms with Gasteiger partial charge in [0, 0.05) is 6.42 Å². The van der Waals surface area contributed by atoms with Crippen LogP contribution in [0.25, 0.3) is 0 Å². The second-order valence-electron chi connectivity index (χ2n) is 6.97. The number of aliphatic hydroxyl groups is 1. The van der Waals surface area contributed by atoms with Crippen molar-refractivity contribution in [2.45, 2.75) is 122 Å². The van der Waals surface area contributed by atoms with Gasteiger partial charge in [0.2, 0.25) is 0 Å². The third-order valence-corrected chi connectivity index (χ3v) is 4.57. The highest BCUT2D eigenvalue weighted by molar-refractivity contribution is 5.66. The van der Waals surface area contributed by atoms with Gasteiger partial charge < -0.3 is 10.2 Å². The van der Waals surface area contributed by atoms with E-state index < -0.39 is 5.97 Å². The van der Waals surface area contributed by atoms with Crippen LogP contribution in [0, 0.1) is 0 Å². The average Bonchev–Trinajstić information content (AvgIpc) is 2.52. The summed E-state index contributed by atoms with van der Waals surface area (Å²) in [5.41, 5.74) is 0. The van der Waals surface area contributed by atoms with Crippen molar-refractivity contribution in [3.8, 4) is 0 Å². The molecular weight excluding hydrogens is 288 g/mol. The summed E-state index contributed by atoms with van der Waals surface area (Å²) < 4.78 is 0. The fourth-order valence-electron chi connectivity index (χ4n) is 3.01. The van der Waals surface area contributed by atoms with Crippen molar-refractivity contribution in [2.75, 3.05) is 0 Å². The van der Waals surface area contributed by atoms with Crippen LogP contribution in [-0.4, -0.2) is 22.3 Å². The van der Waals surface area contributed by atoms with Gasteiger partial charge in [-0.3, -0.25) is 4.79 Å². The van der Waals surface area contributed by atoms with E-state index in [-0.39, 0.29) is 6.10 Å². The normalized spacial score (nSPS) is 12.4. The van der Waals surface area contributed by atoms with Crippen molar-refractivity contribution in [3.63, 3.8) is 0 Å². The first kappa shape index (κ1) is 22.4. The predicted octanol–water partition coefficient (Wildman–Crippen LogP) is 6.08. The molecule has 1 atom stereocenters. The maximum Gasteiger partial charge on any atom is 0.303 e.